The lowest BCUT2D eigenvalue weighted by Gasteiger charge is -2.07. The summed E-state index contributed by atoms with van der Waals surface area (Å²) in [5.41, 5.74) is 2.53. The number of aromatic nitrogens is 1. The minimum absolute atomic E-state index is 0.110. The van der Waals surface area contributed by atoms with Crippen molar-refractivity contribution in [3.05, 3.63) is 64.3 Å². The van der Waals surface area contributed by atoms with Gasteiger partial charge in [-0.05, 0) is 61.0 Å². The Bertz CT molecular complexity index is 994. The maximum absolute atomic E-state index is 12.3. The molecule has 0 aliphatic carbocycles. The van der Waals surface area contributed by atoms with Crippen LogP contribution in [-0.4, -0.2) is 31.2 Å². The smallest absolute Gasteiger partial charge is 0.387 e. The number of benzene rings is 2. The van der Waals surface area contributed by atoms with Crippen molar-refractivity contribution >= 4 is 17.6 Å². The Morgan fingerprint density at radius 3 is 2.36 bits per heavy atom. The molecule has 0 bridgehead atoms. The van der Waals surface area contributed by atoms with Gasteiger partial charge < -0.3 is 9.47 Å². The van der Waals surface area contributed by atoms with Crippen molar-refractivity contribution in [3.8, 4) is 22.8 Å². The normalized spacial score (nSPS) is 12.1. The van der Waals surface area contributed by atoms with Crippen molar-refractivity contribution in [2.45, 2.75) is 13.5 Å². The van der Waals surface area contributed by atoms with Crippen LogP contribution in [0, 0.1) is 0 Å². The van der Waals surface area contributed by atoms with E-state index in [9.17, 15) is 8.78 Å². The first-order valence-electron chi connectivity index (χ1n) is 8.56. The molecule has 3 rings (SSSR count). The van der Waals surface area contributed by atoms with E-state index in [0.717, 1.165) is 22.6 Å². The van der Waals surface area contributed by atoms with Crippen molar-refractivity contribution in [2.24, 2.45) is 10.1 Å². The Balaban J connectivity index is 1.88. The molecule has 0 atom stereocenters. The van der Waals surface area contributed by atoms with Crippen LogP contribution in [0.25, 0.3) is 11.3 Å². The third kappa shape index (κ3) is 4.83. The molecule has 2 aromatic carbocycles. The number of rotatable bonds is 7. The van der Waals surface area contributed by atoms with Gasteiger partial charge in [0.05, 0.1) is 18.5 Å². The van der Waals surface area contributed by atoms with Gasteiger partial charge in [-0.3, -0.25) is 4.99 Å². The zero-order valence-corrected chi connectivity index (χ0v) is 16.2. The Morgan fingerprint density at radius 2 is 1.75 bits per heavy atom. The highest BCUT2D eigenvalue weighted by Gasteiger charge is 2.09. The van der Waals surface area contributed by atoms with Gasteiger partial charge >= 0.3 is 6.61 Å². The van der Waals surface area contributed by atoms with E-state index in [2.05, 4.69) is 14.8 Å². The number of thiazole rings is 1. The van der Waals surface area contributed by atoms with Crippen LogP contribution in [-0.2, 0) is 0 Å². The largest absolute Gasteiger partial charge is 0.494 e. The van der Waals surface area contributed by atoms with E-state index < -0.39 is 6.61 Å². The fourth-order valence-electron chi connectivity index (χ4n) is 2.51. The molecule has 0 saturated carbocycles. The van der Waals surface area contributed by atoms with Crippen molar-refractivity contribution < 1.29 is 18.3 Å². The van der Waals surface area contributed by atoms with E-state index in [1.165, 1.54) is 23.5 Å². The van der Waals surface area contributed by atoms with Gasteiger partial charge in [0.2, 0.25) is 4.80 Å². The Hall–Kier alpha value is -3.00. The first-order valence-corrected chi connectivity index (χ1v) is 9.44. The first-order chi connectivity index (χ1) is 13.6. The Morgan fingerprint density at radius 1 is 1.07 bits per heavy atom. The maximum Gasteiger partial charge on any atom is 0.387 e. The van der Waals surface area contributed by atoms with Crippen molar-refractivity contribution in [1.82, 2.24) is 4.68 Å². The molecule has 28 heavy (non-hydrogen) atoms. The van der Waals surface area contributed by atoms with Gasteiger partial charge in [0.15, 0.2) is 0 Å². The Labute approximate surface area is 165 Å². The zero-order valence-electron chi connectivity index (χ0n) is 15.4. The van der Waals surface area contributed by atoms with Crippen LogP contribution in [0.3, 0.4) is 0 Å². The highest BCUT2D eigenvalue weighted by Crippen LogP contribution is 2.24. The molecule has 0 unspecified atom stereocenters. The Kier molecular flexibility index (Phi) is 6.54. The van der Waals surface area contributed by atoms with Crippen LogP contribution in [0.4, 0.5) is 8.78 Å². The SMILES string of the molecule is CCOc1ccc(C=Nn2c(-c3ccc(OC(F)F)cc3)csc2=NC)cc1. The molecule has 0 N–H and O–H groups in total. The number of nitrogens with zero attached hydrogens (tertiary/aromatic N) is 3. The molecule has 0 fully saturated rings. The molecule has 1 aromatic heterocycles. The summed E-state index contributed by atoms with van der Waals surface area (Å²) in [6.45, 7) is -0.294. The van der Waals surface area contributed by atoms with Crippen LogP contribution in [0.2, 0.25) is 0 Å². The molecule has 0 amide bonds. The van der Waals surface area contributed by atoms with Gasteiger partial charge in [0, 0.05) is 18.0 Å². The predicted molar refractivity (Wildman–Crippen MR) is 106 cm³/mol. The summed E-state index contributed by atoms with van der Waals surface area (Å²) in [5.74, 6) is 0.915. The molecule has 0 radical (unpaired) electrons. The lowest BCUT2D eigenvalue weighted by Crippen LogP contribution is -2.11. The quantitative estimate of drug-likeness (QED) is 0.540. The number of alkyl halides is 2. The second-order valence-corrected chi connectivity index (χ2v) is 6.42. The lowest BCUT2D eigenvalue weighted by molar-refractivity contribution is -0.0498. The molecule has 0 saturated heterocycles. The molecule has 8 heteroatoms. The molecule has 0 aliphatic heterocycles. The predicted octanol–water partition coefficient (Wildman–Crippen LogP) is 4.63. The van der Waals surface area contributed by atoms with Crippen molar-refractivity contribution in [3.63, 3.8) is 0 Å². The number of ether oxygens (including phenoxy) is 2. The molecule has 0 aliphatic rings. The molecular formula is C20H19F2N3O2S. The molecule has 3 aromatic rings. The van der Waals surface area contributed by atoms with Crippen LogP contribution in [0.15, 0.2) is 64.0 Å². The van der Waals surface area contributed by atoms with Gasteiger partial charge in [-0.15, -0.1) is 11.3 Å². The molecule has 146 valence electrons. The molecule has 5 nitrogen and oxygen atoms in total. The van der Waals surface area contributed by atoms with Crippen LogP contribution in [0.5, 0.6) is 11.5 Å². The first kappa shape index (κ1) is 19.8. The highest BCUT2D eigenvalue weighted by atomic mass is 32.1. The van der Waals surface area contributed by atoms with Gasteiger partial charge in [0.1, 0.15) is 11.5 Å². The monoisotopic (exact) mass is 403 g/mol. The minimum atomic E-state index is -2.85. The van der Waals surface area contributed by atoms with Crippen LogP contribution in [0.1, 0.15) is 12.5 Å². The maximum atomic E-state index is 12.3. The number of hydrogen-bond acceptors (Lipinski definition) is 5. The van der Waals surface area contributed by atoms with Gasteiger partial charge in [-0.25, -0.2) is 4.68 Å². The summed E-state index contributed by atoms with van der Waals surface area (Å²) in [7, 11) is 1.69. The molecule has 0 spiro atoms. The second-order valence-electron chi connectivity index (χ2n) is 5.59. The minimum Gasteiger partial charge on any atom is -0.494 e. The number of halogens is 2. The summed E-state index contributed by atoms with van der Waals surface area (Å²) in [4.78, 5) is 4.96. The molecular weight excluding hydrogens is 384 g/mol. The van der Waals surface area contributed by atoms with E-state index in [0.29, 0.717) is 11.4 Å². The van der Waals surface area contributed by atoms with Gasteiger partial charge in [-0.2, -0.15) is 13.9 Å². The van der Waals surface area contributed by atoms with E-state index in [1.807, 2.05) is 36.6 Å². The van der Waals surface area contributed by atoms with Crippen molar-refractivity contribution in [2.75, 3.05) is 13.7 Å². The average molecular weight is 403 g/mol. The van der Waals surface area contributed by atoms with Crippen LogP contribution >= 0.6 is 11.3 Å². The zero-order chi connectivity index (χ0) is 19.9. The highest BCUT2D eigenvalue weighted by molar-refractivity contribution is 7.07. The standard InChI is InChI=1S/C20H19F2N3O2S/c1-3-26-16-8-4-14(5-9-16)12-24-25-18(13-28-20(25)23-2)15-6-10-17(11-7-15)27-19(21)22/h4-13,19H,3H2,1-2H3. The van der Waals surface area contributed by atoms with Crippen molar-refractivity contribution in [1.29, 1.82) is 0 Å². The van der Waals surface area contributed by atoms with E-state index >= 15 is 0 Å². The van der Waals surface area contributed by atoms with E-state index in [-0.39, 0.29) is 5.75 Å². The molecule has 1 heterocycles. The number of hydrogen-bond donors (Lipinski definition) is 0. The summed E-state index contributed by atoms with van der Waals surface area (Å²) < 4.78 is 36.2. The fourth-order valence-corrected chi connectivity index (χ4v) is 3.31. The third-order valence-electron chi connectivity index (χ3n) is 3.77. The average Bonchev–Trinajstić information content (AvgIpc) is 3.11. The van der Waals surface area contributed by atoms with Crippen LogP contribution < -0.4 is 14.3 Å². The fraction of sp³-hybridized carbons (Fsp3) is 0.200. The summed E-state index contributed by atoms with van der Waals surface area (Å²) in [6.07, 6.45) is 1.73. The van der Waals surface area contributed by atoms with E-state index in [4.69, 9.17) is 4.74 Å². The van der Waals surface area contributed by atoms with E-state index in [1.54, 1.807) is 30.1 Å². The summed E-state index contributed by atoms with van der Waals surface area (Å²) >= 11 is 1.44. The summed E-state index contributed by atoms with van der Waals surface area (Å²) in [5, 5.41) is 6.46. The topological polar surface area (TPSA) is 48.1 Å². The summed E-state index contributed by atoms with van der Waals surface area (Å²) in [6, 6.07) is 14.0. The van der Waals surface area contributed by atoms with Gasteiger partial charge in [0.25, 0.3) is 0 Å². The van der Waals surface area contributed by atoms with Gasteiger partial charge in [-0.1, -0.05) is 0 Å². The lowest BCUT2D eigenvalue weighted by atomic mass is 10.2. The third-order valence-corrected chi connectivity index (χ3v) is 4.67. The second kappa shape index (κ2) is 9.27.